The minimum Gasteiger partial charge on any atom is -0.489 e. The quantitative estimate of drug-likeness (QED) is 0.370. The molecule has 3 aromatic rings. The number of nitrogens with one attached hydrogen (secondary N) is 1. The molecule has 1 unspecified atom stereocenters. The lowest BCUT2D eigenvalue weighted by Gasteiger charge is -2.27. The summed E-state index contributed by atoms with van der Waals surface area (Å²) >= 11 is 0. The number of alkyl carbamates (subject to hydrolysis) is 1. The molecule has 6 nitrogen and oxygen atoms in total. The Morgan fingerprint density at radius 3 is 2.66 bits per heavy atom. The van der Waals surface area contributed by atoms with Crippen LogP contribution in [0.3, 0.4) is 0 Å². The van der Waals surface area contributed by atoms with Gasteiger partial charge in [0.2, 0.25) is 5.88 Å². The molecule has 0 saturated carbocycles. The van der Waals surface area contributed by atoms with Crippen LogP contribution in [0.15, 0.2) is 66.9 Å². The molecule has 2 aromatic carbocycles. The van der Waals surface area contributed by atoms with Crippen molar-refractivity contribution in [3.8, 4) is 17.4 Å². The predicted octanol–water partition coefficient (Wildman–Crippen LogP) is 6.47. The number of halogens is 3. The second-order valence-corrected chi connectivity index (χ2v) is 8.12. The number of hydrogen-bond acceptors (Lipinski definition) is 5. The number of rotatable bonds is 8. The molecule has 1 aliphatic rings. The Morgan fingerprint density at radius 1 is 1.09 bits per heavy atom. The van der Waals surface area contributed by atoms with Crippen LogP contribution >= 0.6 is 0 Å². The summed E-state index contributed by atoms with van der Waals surface area (Å²) in [5.41, 5.74) is 1.05. The number of nitrogens with zero attached hydrogens (tertiary/aromatic N) is 1. The number of aromatic nitrogens is 1. The van der Waals surface area contributed by atoms with Crippen LogP contribution in [0.4, 0.5) is 18.0 Å². The van der Waals surface area contributed by atoms with Crippen molar-refractivity contribution in [1.82, 2.24) is 10.3 Å². The van der Waals surface area contributed by atoms with E-state index in [1.54, 1.807) is 6.07 Å². The highest BCUT2D eigenvalue weighted by molar-refractivity contribution is 5.67. The van der Waals surface area contributed by atoms with Gasteiger partial charge >= 0.3 is 12.3 Å². The van der Waals surface area contributed by atoms with Gasteiger partial charge in [0, 0.05) is 24.4 Å². The number of carbonyl (C=O) groups excluding carboxylic acids is 1. The summed E-state index contributed by atoms with van der Waals surface area (Å²) in [5, 5.41) is 2.77. The standard InChI is InChI=1S/C26H25F3N2O4/c27-26(28,29)20-11-12-23(31-16-20)35-22-10-4-9-21-19(13-15-33-24(21)22)8-5-14-30-25(32)34-17-18-6-2-1-3-7-18/h1-4,6-7,9-12,16,19H,5,8,13-15,17H2,(H,30,32). The van der Waals surface area contributed by atoms with Crippen LogP contribution in [0.25, 0.3) is 0 Å². The van der Waals surface area contributed by atoms with Crippen LogP contribution in [-0.4, -0.2) is 24.2 Å². The highest BCUT2D eigenvalue weighted by Gasteiger charge is 2.31. The highest BCUT2D eigenvalue weighted by atomic mass is 19.4. The van der Waals surface area contributed by atoms with Gasteiger partial charge in [-0.05, 0) is 42.9 Å². The van der Waals surface area contributed by atoms with Gasteiger partial charge in [0.05, 0.1) is 12.2 Å². The topological polar surface area (TPSA) is 69.7 Å². The fourth-order valence-corrected chi connectivity index (χ4v) is 3.88. The zero-order valence-electron chi connectivity index (χ0n) is 18.9. The molecule has 0 aliphatic carbocycles. The van der Waals surface area contributed by atoms with Crippen LogP contribution in [0.1, 0.15) is 41.9 Å². The van der Waals surface area contributed by atoms with Gasteiger partial charge in [-0.15, -0.1) is 0 Å². The van der Waals surface area contributed by atoms with Gasteiger partial charge in [-0.1, -0.05) is 42.5 Å². The molecule has 0 fully saturated rings. The molecular formula is C26H25F3N2O4. The number of benzene rings is 2. The Bertz CT molecular complexity index is 1120. The molecule has 0 spiro atoms. The van der Waals surface area contributed by atoms with E-state index in [0.717, 1.165) is 42.7 Å². The molecule has 1 amide bonds. The van der Waals surface area contributed by atoms with Crippen LogP contribution in [0, 0.1) is 0 Å². The number of ether oxygens (including phenoxy) is 3. The maximum Gasteiger partial charge on any atom is 0.417 e. The number of carbonyl (C=O) groups is 1. The Balaban J connectivity index is 1.29. The number of amides is 1. The van der Waals surface area contributed by atoms with Gasteiger partial charge < -0.3 is 19.5 Å². The van der Waals surface area contributed by atoms with E-state index in [4.69, 9.17) is 14.2 Å². The minimum atomic E-state index is -4.46. The lowest BCUT2D eigenvalue weighted by molar-refractivity contribution is -0.137. The maximum atomic E-state index is 12.8. The molecule has 184 valence electrons. The minimum absolute atomic E-state index is 0.0512. The molecule has 0 bridgehead atoms. The van der Waals surface area contributed by atoms with Crippen LogP contribution in [0.5, 0.6) is 17.4 Å². The van der Waals surface area contributed by atoms with Crippen molar-refractivity contribution < 1.29 is 32.2 Å². The van der Waals surface area contributed by atoms with Crippen LogP contribution < -0.4 is 14.8 Å². The lowest BCUT2D eigenvalue weighted by atomic mass is 9.89. The number of fused-ring (bicyclic) bond motifs is 1. The smallest absolute Gasteiger partial charge is 0.417 e. The first-order valence-electron chi connectivity index (χ1n) is 11.3. The molecule has 9 heteroatoms. The molecular weight excluding hydrogens is 461 g/mol. The average Bonchev–Trinajstić information content (AvgIpc) is 2.86. The fourth-order valence-electron chi connectivity index (χ4n) is 3.88. The Labute approximate surface area is 201 Å². The van der Waals surface area contributed by atoms with Gasteiger partial charge in [0.15, 0.2) is 11.5 Å². The number of alkyl halides is 3. The Kier molecular flexibility index (Phi) is 7.74. The molecule has 1 aromatic heterocycles. The molecule has 35 heavy (non-hydrogen) atoms. The maximum absolute atomic E-state index is 12.8. The molecule has 1 aliphatic heterocycles. The van der Waals surface area contributed by atoms with Crippen LogP contribution in [0.2, 0.25) is 0 Å². The highest BCUT2D eigenvalue weighted by Crippen LogP contribution is 2.43. The number of hydrogen-bond donors (Lipinski definition) is 1. The normalized spacial score (nSPS) is 15.0. The monoisotopic (exact) mass is 486 g/mol. The third kappa shape index (κ3) is 6.65. The average molecular weight is 486 g/mol. The molecule has 1 N–H and O–H groups in total. The number of para-hydroxylation sites is 1. The summed E-state index contributed by atoms with van der Waals surface area (Å²) in [5.74, 6) is 1.23. The summed E-state index contributed by atoms with van der Waals surface area (Å²) in [6, 6.07) is 17.0. The van der Waals surface area contributed by atoms with Crippen molar-refractivity contribution in [2.45, 2.75) is 38.0 Å². The van der Waals surface area contributed by atoms with Crippen LogP contribution in [-0.2, 0) is 17.5 Å². The second-order valence-electron chi connectivity index (χ2n) is 8.12. The first-order chi connectivity index (χ1) is 16.9. The van der Waals surface area contributed by atoms with Gasteiger partial charge in [-0.3, -0.25) is 0 Å². The zero-order chi connectivity index (χ0) is 24.7. The first-order valence-corrected chi connectivity index (χ1v) is 11.3. The summed E-state index contributed by atoms with van der Waals surface area (Å²) in [4.78, 5) is 15.7. The fraction of sp³-hybridized carbons (Fsp3) is 0.308. The summed E-state index contributed by atoms with van der Waals surface area (Å²) < 4.78 is 55.1. The van der Waals surface area contributed by atoms with Gasteiger partial charge in [0.25, 0.3) is 0 Å². The van der Waals surface area contributed by atoms with Crippen molar-refractivity contribution in [2.24, 2.45) is 0 Å². The van der Waals surface area contributed by atoms with E-state index in [9.17, 15) is 18.0 Å². The van der Waals surface area contributed by atoms with Gasteiger partial charge in [-0.25, -0.2) is 9.78 Å². The third-order valence-electron chi connectivity index (χ3n) is 5.65. The van der Waals surface area contributed by atoms with E-state index in [0.29, 0.717) is 24.7 Å². The first kappa shape index (κ1) is 24.4. The van der Waals surface area contributed by atoms with E-state index in [1.807, 2.05) is 42.5 Å². The van der Waals surface area contributed by atoms with Crippen molar-refractivity contribution in [2.75, 3.05) is 13.2 Å². The van der Waals surface area contributed by atoms with Crippen molar-refractivity contribution >= 4 is 6.09 Å². The van der Waals surface area contributed by atoms with Crippen molar-refractivity contribution in [3.05, 3.63) is 83.6 Å². The predicted molar refractivity (Wildman–Crippen MR) is 122 cm³/mol. The SMILES string of the molecule is O=C(NCCCC1CCOc2c(Oc3ccc(C(F)(F)F)cn3)cccc21)OCc1ccccc1. The van der Waals surface area contributed by atoms with E-state index < -0.39 is 17.8 Å². The molecule has 2 heterocycles. The van der Waals surface area contributed by atoms with Crippen molar-refractivity contribution in [1.29, 1.82) is 0 Å². The summed E-state index contributed by atoms with van der Waals surface area (Å²) in [6.07, 6.45) is -1.80. The Hall–Kier alpha value is -3.75. The van der Waals surface area contributed by atoms with E-state index in [-0.39, 0.29) is 18.4 Å². The van der Waals surface area contributed by atoms with Gasteiger partial charge in [0.1, 0.15) is 6.61 Å². The van der Waals surface area contributed by atoms with Gasteiger partial charge in [-0.2, -0.15) is 13.2 Å². The largest absolute Gasteiger partial charge is 0.489 e. The third-order valence-corrected chi connectivity index (χ3v) is 5.65. The van der Waals surface area contributed by atoms with Crippen molar-refractivity contribution in [3.63, 3.8) is 0 Å². The zero-order valence-corrected chi connectivity index (χ0v) is 18.9. The Morgan fingerprint density at radius 2 is 1.91 bits per heavy atom. The molecule has 0 saturated heterocycles. The number of pyridine rings is 1. The van der Waals surface area contributed by atoms with E-state index in [1.165, 1.54) is 6.07 Å². The lowest BCUT2D eigenvalue weighted by Crippen LogP contribution is -2.25. The van der Waals surface area contributed by atoms with E-state index in [2.05, 4.69) is 10.3 Å². The summed E-state index contributed by atoms with van der Waals surface area (Å²) in [6.45, 7) is 1.19. The second kappa shape index (κ2) is 11.1. The van der Waals surface area contributed by atoms with E-state index >= 15 is 0 Å². The summed E-state index contributed by atoms with van der Waals surface area (Å²) in [7, 11) is 0. The molecule has 1 atom stereocenters. The molecule has 0 radical (unpaired) electrons. The molecule has 4 rings (SSSR count).